The molecule has 0 heterocycles. The van der Waals surface area contributed by atoms with Crippen LogP contribution in [-0.2, 0) is 0 Å². The monoisotopic (exact) mass is 144 g/mol. The molecule has 56 valence electrons. The summed E-state index contributed by atoms with van der Waals surface area (Å²) in [5, 5.41) is 0. The molecule has 0 nitrogen and oxygen atoms in total. The summed E-state index contributed by atoms with van der Waals surface area (Å²) in [7, 11) is 0. The molecule has 1 aliphatic carbocycles. The van der Waals surface area contributed by atoms with Gasteiger partial charge in [0.2, 0.25) is 0 Å². The second-order valence-electron chi connectivity index (χ2n) is 2.35. The molecule has 0 atom stereocenters. The van der Waals surface area contributed by atoms with Crippen molar-refractivity contribution >= 4 is 0 Å². The zero-order valence-corrected chi connectivity index (χ0v) is 6.48. The molecule has 11 heavy (non-hydrogen) atoms. The molecule has 0 saturated carbocycles. The zero-order chi connectivity index (χ0) is 7.94. The highest BCUT2D eigenvalue weighted by Crippen LogP contribution is 2.09. The highest BCUT2D eigenvalue weighted by atomic mass is 14.0. The van der Waals surface area contributed by atoms with E-state index in [0.717, 1.165) is 0 Å². The minimum absolute atomic E-state index is 0.490. The van der Waals surface area contributed by atoms with Gasteiger partial charge >= 0.3 is 0 Å². The van der Waals surface area contributed by atoms with Crippen LogP contribution in [0.2, 0.25) is 0 Å². The fourth-order valence-electron chi connectivity index (χ4n) is 0.913. The third-order valence-electron chi connectivity index (χ3n) is 1.47. The molecule has 0 fully saturated rings. The number of hydrogen-bond acceptors (Lipinski definition) is 0. The first-order valence-electron chi connectivity index (χ1n) is 3.74. The minimum atomic E-state index is 0.490. The lowest BCUT2D eigenvalue weighted by Crippen LogP contribution is -1.78. The number of hydrogen-bond donors (Lipinski definition) is 0. The molecule has 0 spiro atoms. The Morgan fingerprint density at radius 3 is 2.36 bits per heavy atom. The highest BCUT2D eigenvalue weighted by molar-refractivity contribution is 5.24. The lowest BCUT2D eigenvalue weighted by atomic mass is 10.1. The molecule has 0 amide bonds. The van der Waals surface area contributed by atoms with Gasteiger partial charge in [0.25, 0.3) is 0 Å². The predicted molar refractivity (Wildman–Crippen MR) is 50.2 cm³/mol. The van der Waals surface area contributed by atoms with Crippen LogP contribution in [0.3, 0.4) is 0 Å². The molecule has 0 aromatic carbocycles. The molecule has 1 rings (SSSR count). The van der Waals surface area contributed by atoms with Crippen molar-refractivity contribution in [2.45, 2.75) is 0 Å². The summed E-state index contributed by atoms with van der Waals surface area (Å²) in [5.74, 6) is 0.490. The molecule has 0 N–H and O–H groups in total. The lowest BCUT2D eigenvalue weighted by molar-refractivity contribution is 1.09. The van der Waals surface area contributed by atoms with Gasteiger partial charge in [0, 0.05) is 5.92 Å². The van der Waals surface area contributed by atoms with Crippen LogP contribution in [0.5, 0.6) is 0 Å². The van der Waals surface area contributed by atoms with Crippen LogP contribution >= 0.6 is 0 Å². The summed E-state index contributed by atoms with van der Waals surface area (Å²) in [6.07, 6.45) is 18.3. The standard InChI is InChI=1S/C11H12/c1-2-3-4-5-8-11-9-6-7-10-11/h2-11H,1H2/b4-3+,8-5+. The summed E-state index contributed by atoms with van der Waals surface area (Å²) >= 11 is 0. The molecule has 0 heteroatoms. The van der Waals surface area contributed by atoms with Crippen LogP contribution in [0.25, 0.3) is 0 Å². The number of allylic oxidation sites excluding steroid dienone is 9. The molecule has 0 aromatic rings. The lowest BCUT2D eigenvalue weighted by Gasteiger charge is -1.91. The zero-order valence-electron chi connectivity index (χ0n) is 6.48. The molecule has 0 saturated heterocycles. The van der Waals surface area contributed by atoms with Gasteiger partial charge in [-0.2, -0.15) is 0 Å². The molecular formula is C11H12. The Morgan fingerprint density at radius 1 is 1.00 bits per heavy atom. The van der Waals surface area contributed by atoms with E-state index >= 15 is 0 Å². The van der Waals surface area contributed by atoms with Crippen LogP contribution in [0.1, 0.15) is 0 Å². The quantitative estimate of drug-likeness (QED) is 0.534. The Labute approximate surface area is 67.9 Å². The second kappa shape index (κ2) is 4.51. The topological polar surface area (TPSA) is 0 Å². The third-order valence-corrected chi connectivity index (χ3v) is 1.47. The van der Waals surface area contributed by atoms with Gasteiger partial charge in [-0.05, 0) is 0 Å². The van der Waals surface area contributed by atoms with Crippen molar-refractivity contribution in [1.29, 1.82) is 0 Å². The summed E-state index contributed by atoms with van der Waals surface area (Å²) in [6, 6.07) is 0. The molecule has 0 aliphatic heterocycles. The van der Waals surface area contributed by atoms with E-state index < -0.39 is 0 Å². The smallest absolute Gasteiger partial charge is 0.0136 e. The van der Waals surface area contributed by atoms with E-state index in [1.54, 1.807) is 6.08 Å². The Morgan fingerprint density at radius 2 is 1.73 bits per heavy atom. The van der Waals surface area contributed by atoms with Crippen molar-refractivity contribution < 1.29 is 0 Å². The summed E-state index contributed by atoms with van der Waals surface area (Å²) in [6.45, 7) is 3.58. The van der Waals surface area contributed by atoms with Crippen LogP contribution in [0, 0.1) is 5.92 Å². The average molecular weight is 144 g/mol. The van der Waals surface area contributed by atoms with Gasteiger partial charge in [-0.15, -0.1) is 0 Å². The number of rotatable bonds is 3. The van der Waals surface area contributed by atoms with Crippen LogP contribution in [0.15, 0.2) is 61.3 Å². The van der Waals surface area contributed by atoms with E-state index in [-0.39, 0.29) is 0 Å². The largest absolute Gasteiger partial charge is 0.0991 e. The van der Waals surface area contributed by atoms with Crippen molar-refractivity contribution in [1.82, 2.24) is 0 Å². The van der Waals surface area contributed by atoms with Gasteiger partial charge in [-0.1, -0.05) is 61.3 Å². The second-order valence-corrected chi connectivity index (χ2v) is 2.35. The van der Waals surface area contributed by atoms with Crippen molar-refractivity contribution in [3.05, 3.63) is 61.3 Å². The molecule has 0 bridgehead atoms. The van der Waals surface area contributed by atoms with E-state index in [1.807, 2.05) is 18.2 Å². The maximum Gasteiger partial charge on any atom is 0.0136 e. The predicted octanol–water partition coefficient (Wildman–Crippen LogP) is 3.03. The van der Waals surface area contributed by atoms with Crippen molar-refractivity contribution in [3.8, 4) is 0 Å². The maximum absolute atomic E-state index is 3.58. The van der Waals surface area contributed by atoms with Crippen molar-refractivity contribution in [2.24, 2.45) is 5.92 Å². The Balaban J connectivity index is 2.35. The van der Waals surface area contributed by atoms with E-state index in [2.05, 4.69) is 37.0 Å². The first-order chi connectivity index (χ1) is 5.43. The Hall–Kier alpha value is -1.30. The van der Waals surface area contributed by atoms with Gasteiger partial charge in [0.15, 0.2) is 0 Å². The Bertz CT molecular complexity index is 214. The third kappa shape index (κ3) is 2.85. The summed E-state index contributed by atoms with van der Waals surface area (Å²) in [5.41, 5.74) is 0. The van der Waals surface area contributed by atoms with Gasteiger partial charge in [0.1, 0.15) is 0 Å². The first kappa shape index (κ1) is 7.80. The van der Waals surface area contributed by atoms with Gasteiger partial charge in [0.05, 0.1) is 0 Å². The van der Waals surface area contributed by atoms with E-state index in [9.17, 15) is 0 Å². The van der Waals surface area contributed by atoms with E-state index in [0.29, 0.717) is 5.92 Å². The molecule has 0 radical (unpaired) electrons. The SMILES string of the molecule is C=C/C=C/C=C/C1C=CC=C1. The van der Waals surface area contributed by atoms with Crippen LogP contribution in [0.4, 0.5) is 0 Å². The normalized spacial score (nSPS) is 17.5. The first-order valence-corrected chi connectivity index (χ1v) is 3.74. The van der Waals surface area contributed by atoms with E-state index in [4.69, 9.17) is 0 Å². The van der Waals surface area contributed by atoms with Gasteiger partial charge in [-0.25, -0.2) is 0 Å². The molecular weight excluding hydrogens is 132 g/mol. The highest BCUT2D eigenvalue weighted by Gasteiger charge is 1.94. The van der Waals surface area contributed by atoms with Gasteiger partial charge in [-0.3, -0.25) is 0 Å². The fraction of sp³-hybridized carbons (Fsp3) is 0.0909. The molecule has 1 aliphatic rings. The maximum atomic E-state index is 3.58. The average Bonchev–Trinajstić information content (AvgIpc) is 2.50. The Kier molecular flexibility index (Phi) is 3.20. The summed E-state index contributed by atoms with van der Waals surface area (Å²) < 4.78 is 0. The van der Waals surface area contributed by atoms with E-state index in [1.165, 1.54) is 0 Å². The molecule has 0 unspecified atom stereocenters. The van der Waals surface area contributed by atoms with Crippen LogP contribution < -0.4 is 0 Å². The van der Waals surface area contributed by atoms with Crippen LogP contribution in [-0.4, -0.2) is 0 Å². The van der Waals surface area contributed by atoms with Crippen molar-refractivity contribution in [2.75, 3.05) is 0 Å². The van der Waals surface area contributed by atoms with Crippen molar-refractivity contribution in [3.63, 3.8) is 0 Å². The fourth-order valence-corrected chi connectivity index (χ4v) is 0.913. The molecule has 0 aromatic heterocycles. The minimum Gasteiger partial charge on any atom is -0.0991 e. The summed E-state index contributed by atoms with van der Waals surface area (Å²) in [4.78, 5) is 0. The van der Waals surface area contributed by atoms with Gasteiger partial charge < -0.3 is 0 Å².